The van der Waals surface area contributed by atoms with Gasteiger partial charge in [0.25, 0.3) is 0 Å². The van der Waals surface area contributed by atoms with Crippen molar-refractivity contribution in [1.82, 2.24) is 0 Å². The molecule has 2 unspecified atom stereocenters. The number of rotatable bonds is 24. The van der Waals surface area contributed by atoms with E-state index in [1.54, 1.807) is 0 Å². The maximum absolute atomic E-state index is 11.5. The third-order valence-corrected chi connectivity index (χ3v) is 6.54. The Kier molecular flexibility index (Phi) is 21.1. The number of carboxylic acid groups (broad SMARTS) is 1. The van der Waals surface area contributed by atoms with Gasteiger partial charge in [-0.2, -0.15) is 0 Å². The van der Waals surface area contributed by atoms with E-state index in [9.17, 15) is 15.0 Å². The second kappa shape index (κ2) is 21.6. The van der Waals surface area contributed by atoms with Crippen molar-refractivity contribution in [2.24, 2.45) is 5.92 Å². The monoisotopic (exact) mass is 468 g/mol. The molecule has 0 aromatic carbocycles. The lowest BCUT2D eigenvalue weighted by Gasteiger charge is -2.29. The second-order valence-electron chi connectivity index (χ2n) is 11.1. The zero-order valence-electron chi connectivity index (χ0n) is 22.7. The van der Waals surface area contributed by atoms with Gasteiger partial charge in [0.2, 0.25) is 0 Å². The van der Waals surface area contributed by atoms with Crippen LogP contribution in [0.25, 0.3) is 0 Å². The summed E-state index contributed by atoms with van der Waals surface area (Å²) >= 11 is 0. The van der Waals surface area contributed by atoms with Crippen molar-refractivity contribution in [3.8, 4) is 0 Å². The highest BCUT2D eigenvalue weighted by molar-refractivity contribution is 5.70. The number of nitrogens with zero attached hydrogens (tertiary/aromatic N) is 1. The maximum atomic E-state index is 11.5. The van der Waals surface area contributed by atoms with Gasteiger partial charge in [-0.25, -0.2) is 0 Å². The van der Waals surface area contributed by atoms with Crippen LogP contribution in [-0.4, -0.2) is 54.5 Å². The van der Waals surface area contributed by atoms with E-state index in [1.807, 2.05) is 21.1 Å². The molecule has 196 valence electrons. The summed E-state index contributed by atoms with van der Waals surface area (Å²) in [5.41, 5.74) is 0. The zero-order chi connectivity index (χ0) is 24.8. The lowest BCUT2D eigenvalue weighted by atomic mass is 9.94. The van der Waals surface area contributed by atoms with Gasteiger partial charge in [0.05, 0.1) is 27.1 Å². The lowest BCUT2D eigenvalue weighted by molar-refractivity contribution is -0.874. The van der Waals surface area contributed by atoms with Crippen molar-refractivity contribution in [2.75, 3.05) is 27.7 Å². The van der Waals surface area contributed by atoms with Crippen LogP contribution in [0.3, 0.4) is 0 Å². The van der Waals surface area contributed by atoms with E-state index in [0.717, 1.165) is 12.8 Å². The van der Waals surface area contributed by atoms with Crippen molar-refractivity contribution in [1.29, 1.82) is 0 Å². The van der Waals surface area contributed by atoms with E-state index in [-0.39, 0.29) is 0 Å². The van der Waals surface area contributed by atoms with E-state index < -0.39 is 18.0 Å². The van der Waals surface area contributed by atoms with Gasteiger partial charge in [0.1, 0.15) is 12.6 Å². The summed E-state index contributed by atoms with van der Waals surface area (Å²) in [4.78, 5) is 11.5. The third-order valence-electron chi connectivity index (χ3n) is 6.54. The topological polar surface area (TPSA) is 57.5 Å². The van der Waals surface area contributed by atoms with Crippen LogP contribution in [0.4, 0.5) is 0 Å². The Morgan fingerprint density at radius 1 is 0.697 bits per heavy atom. The Bertz CT molecular complexity index is 470. The van der Waals surface area contributed by atoms with Crippen LogP contribution >= 0.6 is 0 Å². The molecule has 0 fully saturated rings. The number of carboxylic acids is 1. The molecule has 4 nitrogen and oxygen atoms in total. The standard InChI is InChI=1S/C29H57NO3/c1-5-6-7-8-9-10-11-12-13-14-15-16-17-18-19-20-21-22-23-24-25-27(29(32)33)28(31)26-30(2,3)4/h12-13,27-28,31H,5-11,14-26H2,1-4H3/p+1. The minimum atomic E-state index is -0.857. The molecule has 4 heteroatoms. The number of aliphatic carboxylic acids is 1. The highest BCUT2D eigenvalue weighted by Gasteiger charge is 2.30. The van der Waals surface area contributed by atoms with Crippen molar-refractivity contribution in [3.63, 3.8) is 0 Å². The first-order valence-corrected chi connectivity index (χ1v) is 14.1. The Hall–Kier alpha value is -0.870. The number of unbranched alkanes of at least 4 members (excludes halogenated alkanes) is 16. The van der Waals surface area contributed by atoms with Crippen LogP contribution < -0.4 is 0 Å². The first-order chi connectivity index (χ1) is 15.8. The molecule has 0 heterocycles. The number of quaternary nitrogens is 1. The highest BCUT2D eigenvalue weighted by atomic mass is 16.4. The zero-order valence-corrected chi connectivity index (χ0v) is 22.7. The summed E-state index contributed by atoms with van der Waals surface area (Å²) in [6, 6.07) is 0. The van der Waals surface area contributed by atoms with Crippen molar-refractivity contribution >= 4 is 5.97 Å². The highest BCUT2D eigenvalue weighted by Crippen LogP contribution is 2.18. The summed E-state index contributed by atoms with van der Waals surface area (Å²) < 4.78 is 0.584. The van der Waals surface area contributed by atoms with E-state index >= 15 is 0 Å². The SMILES string of the molecule is CCCCCCCCC=CCCCCCCCCCCCCC(C(=O)O)C(O)C[N+](C)(C)C. The van der Waals surface area contributed by atoms with Gasteiger partial charge >= 0.3 is 5.97 Å². The molecule has 0 bridgehead atoms. The summed E-state index contributed by atoms with van der Waals surface area (Å²) in [6.45, 7) is 2.75. The summed E-state index contributed by atoms with van der Waals surface area (Å²) in [7, 11) is 5.95. The Morgan fingerprint density at radius 3 is 1.48 bits per heavy atom. The number of aliphatic hydroxyl groups excluding tert-OH is 1. The molecule has 0 saturated heterocycles. The number of allylic oxidation sites excluding steroid dienone is 2. The largest absolute Gasteiger partial charge is 0.481 e. The molecule has 0 saturated carbocycles. The molecule has 0 radical (unpaired) electrons. The molecule has 0 aromatic rings. The smallest absolute Gasteiger partial charge is 0.309 e. The molecular weight excluding hydrogens is 410 g/mol. The van der Waals surface area contributed by atoms with Crippen molar-refractivity contribution in [3.05, 3.63) is 12.2 Å². The number of carbonyl (C=O) groups is 1. The molecule has 0 aromatic heterocycles. The molecule has 0 rings (SSSR count). The molecule has 0 aliphatic carbocycles. The average molecular weight is 469 g/mol. The molecule has 0 spiro atoms. The summed E-state index contributed by atoms with van der Waals surface area (Å²) in [5, 5.41) is 19.7. The molecule has 33 heavy (non-hydrogen) atoms. The normalized spacial score (nSPS) is 14.1. The molecular formula is C29H58NO3+. The van der Waals surface area contributed by atoms with Gasteiger partial charge in [-0.15, -0.1) is 0 Å². The first-order valence-electron chi connectivity index (χ1n) is 14.1. The van der Waals surface area contributed by atoms with Crippen LogP contribution in [0.1, 0.15) is 129 Å². The van der Waals surface area contributed by atoms with Gasteiger partial charge in [-0.05, 0) is 32.1 Å². The predicted octanol–water partition coefficient (Wildman–Crippen LogP) is 7.74. The maximum Gasteiger partial charge on any atom is 0.309 e. The Labute approximate surface area is 206 Å². The van der Waals surface area contributed by atoms with Crippen LogP contribution in [0.2, 0.25) is 0 Å². The van der Waals surface area contributed by atoms with Crippen LogP contribution in [0.15, 0.2) is 12.2 Å². The quantitative estimate of drug-likeness (QED) is 0.0865. The third kappa shape index (κ3) is 22.7. The van der Waals surface area contributed by atoms with E-state index in [0.29, 0.717) is 17.4 Å². The van der Waals surface area contributed by atoms with Gasteiger partial charge in [0, 0.05) is 0 Å². The van der Waals surface area contributed by atoms with Crippen LogP contribution in [-0.2, 0) is 4.79 Å². The second-order valence-corrected chi connectivity index (χ2v) is 11.1. The Balaban J connectivity index is 3.47. The van der Waals surface area contributed by atoms with Crippen molar-refractivity contribution in [2.45, 2.75) is 135 Å². The fourth-order valence-electron chi connectivity index (χ4n) is 4.49. The van der Waals surface area contributed by atoms with Gasteiger partial charge in [-0.1, -0.05) is 109 Å². The van der Waals surface area contributed by atoms with E-state index in [4.69, 9.17) is 0 Å². The molecule has 0 amide bonds. The average Bonchev–Trinajstić information content (AvgIpc) is 2.73. The molecule has 0 aliphatic rings. The Morgan fingerprint density at radius 2 is 1.09 bits per heavy atom. The van der Waals surface area contributed by atoms with Gasteiger partial charge < -0.3 is 14.7 Å². The predicted molar refractivity (Wildman–Crippen MR) is 143 cm³/mol. The lowest BCUT2D eigenvalue weighted by Crippen LogP contribution is -2.45. The summed E-state index contributed by atoms with van der Waals surface area (Å²) in [5.74, 6) is -1.49. The summed E-state index contributed by atoms with van der Waals surface area (Å²) in [6.07, 6.45) is 27.8. The number of aliphatic hydroxyl groups is 1. The fraction of sp³-hybridized carbons (Fsp3) is 0.897. The minimum Gasteiger partial charge on any atom is -0.481 e. The molecule has 2 atom stereocenters. The number of hydrogen-bond donors (Lipinski definition) is 2. The number of likely N-dealkylation sites (N-methyl/N-ethyl adjacent to an activating group) is 1. The van der Waals surface area contributed by atoms with E-state index in [1.165, 1.54) is 103 Å². The van der Waals surface area contributed by atoms with Crippen LogP contribution in [0.5, 0.6) is 0 Å². The van der Waals surface area contributed by atoms with Gasteiger partial charge in [-0.3, -0.25) is 4.79 Å². The first kappa shape index (κ1) is 32.1. The fourth-order valence-corrected chi connectivity index (χ4v) is 4.49. The molecule has 0 aliphatic heterocycles. The minimum absolute atomic E-state index is 0.479. The molecule has 2 N–H and O–H groups in total. The van der Waals surface area contributed by atoms with Crippen molar-refractivity contribution < 1.29 is 19.5 Å². The van der Waals surface area contributed by atoms with E-state index in [2.05, 4.69) is 19.1 Å². The van der Waals surface area contributed by atoms with Gasteiger partial charge in [0.15, 0.2) is 0 Å². The van der Waals surface area contributed by atoms with Crippen LogP contribution in [0, 0.1) is 5.92 Å². The number of hydrogen-bond acceptors (Lipinski definition) is 2.